The highest BCUT2D eigenvalue weighted by Crippen LogP contribution is 2.64. The number of unbranched alkanes of at least 4 members (excludes halogenated alkanes) is 2. The third-order valence-corrected chi connectivity index (χ3v) is 9.13. The molecule has 2 aromatic rings. The molecule has 0 radical (unpaired) electrons. The highest BCUT2D eigenvalue weighted by molar-refractivity contribution is 6.05. The Hall–Kier alpha value is -3.23. The lowest BCUT2D eigenvalue weighted by molar-refractivity contribution is -0.160. The normalized spacial score (nSPS) is 28.6. The van der Waals surface area contributed by atoms with Crippen molar-refractivity contribution in [2.45, 2.75) is 69.6 Å². The zero-order valence-corrected chi connectivity index (χ0v) is 23.5. The van der Waals surface area contributed by atoms with Gasteiger partial charge in [0.25, 0.3) is 5.91 Å². The molecular formula is C32H40N2O6. The average Bonchev–Trinajstić information content (AvgIpc) is 3.57. The Morgan fingerprint density at radius 1 is 1.15 bits per heavy atom. The Morgan fingerprint density at radius 2 is 1.93 bits per heavy atom. The van der Waals surface area contributed by atoms with E-state index in [-0.39, 0.29) is 31.6 Å². The number of ether oxygens (including phenoxy) is 2. The lowest BCUT2D eigenvalue weighted by Gasteiger charge is -2.37. The van der Waals surface area contributed by atoms with Crippen molar-refractivity contribution in [2.75, 3.05) is 31.2 Å². The maximum atomic E-state index is 14.7. The number of rotatable bonds is 12. The van der Waals surface area contributed by atoms with Crippen molar-refractivity contribution < 1.29 is 29.0 Å². The summed E-state index contributed by atoms with van der Waals surface area (Å²) in [6, 6.07) is 13.0. The van der Waals surface area contributed by atoms with E-state index in [1.807, 2.05) is 49.4 Å². The Bertz CT molecular complexity index is 1300. The fraction of sp³-hybridized carbons (Fsp3) is 0.531. The number of hydrogen-bond acceptors (Lipinski definition) is 6. The van der Waals surface area contributed by atoms with E-state index in [0.717, 1.165) is 22.9 Å². The van der Waals surface area contributed by atoms with E-state index in [2.05, 4.69) is 6.58 Å². The quantitative estimate of drug-likeness (QED) is 0.242. The van der Waals surface area contributed by atoms with Crippen LogP contribution in [0.1, 0.15) is 52.4 Å². The number of amides is 2. The number of fused-ring (bicyclic) bond motifs is 2. The zero-order chi connectivity index (χ0) is 28.5. The van der Waals surface area contributed by atoms with Crippen LogP contribution in [0.3, 0.4) is 0 Å². The van der Waals surface area contributed by atoms with E-state index in [1.54, 1.807) is 22.8 Å². The molecule has 3 fully saturated rings. The van der Waals surface area contributed by atoms with Gasteiger partial charge in [-0.05, 0) is 68.4 Å². The van der Waals surface area contributed by atoms with Crippen molar-refractivity contribution in [1.29, 1.82) is 0 Å². The van der Waals surface area contributed by atoms with Gasteiger partial charge in [0.1, 0.15) is 17.6 Å². The molecule has 3 heterocycles. The molecule has 1 N–H and O–H groups in total. The van der Waals surface area contributed by atoms with Crippen LogP contribution in [0.4, 0.5) is 5.69 Å². The summed E-state index contributed by atoms with van der Waals surface area (Å²) in [5.41, 5.74) is -1.20. The van der Waals surface area contributed by atoms with Crippen LogP contribution in [-0.2, 0) is 23.9 Å². The number of carbonyl (C=O) groups is 3. The van der Waals surface area contributed by atoms with Crippen LogP contribution >= 0.6 is 0 Å². The summed E-state index contributed by atoms with van der Waals surface area (Å²) in [6.07, 6.45) is 5.34. The van der Waals surface area contributed by atoms with Crippen LogP contribution in [0, 0.1) is 11.8 Å². The second kappa shape index (κ2) is 11.3. The van der Waals surface area contributed by atoms with Crippen molar-refractivity contribution in [3.05, 3.63) is 55.1 Å². The summed E-state index contributed by atoms with van der Waals surface area (Å²) >= 11 is 0. The molecule has 214 valence electrons. The molecule has 8 nitrogen and oxygen atoms in total. The highest BCUT2D eigenvalue weighted by atomic mass is 16.6. The van der Waals surface area contributed by atoms with E-state index in [1.165, 1.54) is 0 Å². The number of carbonyl (C=O) groups excluding carboxylic acids is 3. The summed E-state index contributed by atoms with van der Waals surface area (Å²) in [7, 11) is 0. The van der Waals surface area contributed by atoms with Gasteiger partial charge < -0.3 is 24.4 Å². The lowest BCUT2D eigenvalue weighted by atomic mass is 9.65. The van der Waals surface area contributed by atoms with Gasteiger partial charge in [0.2, 0.25) is 5.91 Å². The van der Waals surface area contributed by atoms with Gasteiger partial charge in [-0.2, -0.15) is 0 Å². The molecule has 0 saturated carbocycles. The third kappa shape index (κ3) is 4.41. The third-order valence-electron chi connectivity index (χ3n) is 9.13. The van der Waals surface area contributed by atoms with Crippen molar-refractivity contribution in [3.63, 3.8) is 0 Å². The van der Waals surface area contributed by atoms with E-state index < -0.39 is 35.0 Å². The molecule has 8 heteroatoms. The molecule has 5 rings (SSSR count). The first-order valence-corrected chi connectivity index (χ1v) is 14.6. The minimum atomic E-state index is -1.10. The van der Waals surface area contributed by atoms with E-state index >= 15 is 0 Å². The maximum absolute atomic E-state index is 14.7. The van der Waals surface area contributed by atoms with Gasteiger partial charge in [0, 0.05) is 25.4 Å². The Morgan fingerprint density at radius 3 is 2.62 bits per heavy atom. The van der Waals surface area contributed by atoms with Gasteiger partial charge in [0.05, 0.1) is 18.1 Å². The minimum absolute atomic E-state index is 0.0744. The summed E-state index contributed by atoms with van der Waals surface area (Å²) in [6.45, 7) is 8.54. The van der Waals surface area contributed by atoms with Crippen molar-refractivity contribution in [3.8, 4) is 0 Å². The van der Waals surface area contributed by atoms with Crippen LogP contribution in [0.15, 0.2) is 55.1 Å². The molecule has 2 aromatic carbocycles. The van der Waals surface area contributed by atoms with E-state index in [4.69, 9.17) is 9.47 Å². The minimum Gasteiger partial charge on any atom is -0.466 e. The summed E-state index contributed by atoms with van der Waals surface area (Å²) < 4.78 is 12.3. The number of benzene rings is 2. The highest BCUT2D eigenvalue weighted by Gasteiger charge is 2.79. The number of likely N-dealkylation sites (tertiary alicyclic amines) is 1. The predicted molar refractivity (Wildman–Crippen MR) is 153 cm³/mol. The molecule has 3 saturated heterocycles. The summed E-state index contributed by atoms with van der Waals surface area (Å²) in [5, 5.41) is 11.4. The first-order valence-electron chi connectivity index (χ1n) is 14.6. The van der Waals surface area contributed by atoms with Gasteiger partial charge in [-0.25, -0.2) is 0 Å². The van der Waals surface area contributed by atoms with Crippen LogP contribution in [-0.4, -0.2) is 71.3 Å². The largest absolute Gasteiger partial charge is 0.466 e. The fourth-order valence-corrected chi connectivity index (χ4v) is 7.34. The number of hydrogen-bond donors (Lipinski definition) is 1. The molecule has 0 aliphatic carbocycles. The Kier molecular flexibility index (Phi) is 8.02. The summed E-state index contributed by atoms with van der Waals surface area (Å²) in [4.78, 5) is 45.6. The second-order valence-electron chi connectivity index (χ2n) is 11.2. The molecule has 2 amide bonds. The lowest BCUT2D eigenvalue weighted by Crippen LogP contribution is -2.56. The van der Waals surface area contributed by atoms with Crippen LogP contribution in [0.2, 0.25) is 0 Å². The van der Waals surface area contributed by atoms with Gasteiger partial charge in [-0.3, -0.25) is 14.4 Å². The molecule has 1 spiro atoms. The molecule has 0 aromatic heterocycles. The Balaban J connectivity index is 1.57. The van der Waals surface area contributed by atoms with Crippen molar-refractivity contribution >= 4 is 34.2 Å². The molecule has 5 atom stereocenters. The van der Waals surface area contributed by atoms with E-state index in [0.29, 0.717) is 38.6 Å². The SMILES string of the molecule is C=CCN(C(=O)C1N(CCCCCO)C(=O)[C@@H]2[C@@H](C(=O)OCC)[C@@]3(CC)CCC12O3)c1ccc2ccccc2c1. The number of nitrogens with zero attached hydrogens (tertiary/aromatic N) is 2. The van der Waals surface area contributed by atoms with Crippen LogP contribution < -0.4 is 4.90 Å². The number of esters is 1. The molecule has 2 bridgehead atoms. The molecule has 3 aliphatic heterocycles. The number of aliphatic hydroxyl groups is 1. The van der Waals surface area contributed by atoms with Gasteiger partial charge in [-0.1, -0.05) is 43.3 Å². The van der Waals surface area contributed by atoms with Crippen LogP contribution in [0.5, 0.6) is 0 Å². The number of aliphatic hydroxyl groups excluding tert-OH is 1. The molecule has 40 heavy (non-hydrogen) atoms. The van der Waals surface area contributed by atoms with Crippen LogP contribution in [0.25, 0.3) is 10.8 Å². The molecule has 2 unspecified atom stereocenters. The van der Waals surface area contributed by atoms with Crippen molar-refractivity contribution in [2.24, 2.45) is 11.8 Å². The van der Waals surface area contributed by atoms with Gasteiger partial charge >= 0.3 is 5.97 Å². The molecular weight excluding hydrogens is 508 g/mol. The standard InChI is InChI=1S/C32H40N2O6/c1-4-18-33(24-15-14-22-12-8-9-13-23(22)21-24)29(37)27-32-17-16-31(5-2,40-32)26(30(38)39-6-3)25(32)28(36)34(27)19-10-7-11-20-35/h4,8-9,12-15,21,25-27,35H,1,5-7,10-11,16-20H2,2-3H3/t25-,26-,27?,31+,32?/m0/s1. The monoisotopic (exact) mass is 548 g/mol. The fourth-order valence-electron chi connectivity index (χ4n) is 7.34. The maximum Gasteiger partial charge on any atom is 0.312 e. The Labute approximate surface area is 235 Å². The first-order chi connectivity index (χ1) is 19.4. The van der Waals surface area contributed by atoms with Crippen molar-refractivity contribution in [1.82, 2.24) is 4.90 Å². The first kappa shape index (κ1) is 28.3. The van der Waals surface area contributed by atoms with Gasteiger partial charge in [0.15, 0.2) is 0 Å². The second-order valence-corrected chi connectivity index (χ2v) is 11.2. The smallest absolute Gasteiger partial charge is 0.312 e. The topological polar surface area (TPSA) is 96.4 Å². The zero-order valence-electron chi connectivity index (χ0n) is 23.5. The summed E-state index contributed by atoms with van der Waals surface area (Å²) in [5.74, 6) is -2.38. The molecule has 3 aliphatic rings. The number of anilines is 1. The van der Waals surface area contributed by atoms with E-state index in [9.17, 15) is 19.5 Å². The predicted octanol–water partition coefficient (Wildman–Crippen LogP) is 4.24. The average molecular weight is 549 g/mol. The van der Waals surface area contributed by atoms with Gasteiger partial charge in [-0.15, -0.1) is 6.58 Å².